The molecule has 1 fully saturated rings. The molecule has 1 saturated heterocycles. The van der Waals surface area contributed by atoms with Gasteiger partial charge < -0.3 is 14.6 Å². The lowest BCUT2D eigenvalue weighted by Crippen LogP contribution is -2.47. The van der Waals surface area contributed by atoms with Gasteiger partial charge in [0.05, 0.1) is 11.1 Å². The molecule has 4 aromatic rings. The molecule has 2 aromatic carbocycles. The number of benzene rings is 2. The van der Waals surface area contributed by atoms with Crippen LogP contribution in [0, 0.1) is 5.82 Å². The highest BCUT2D eigenvalue weighted by Gasteiger charge is 2.51. The fourth-order valence-electron chi connectivity index (χ4n) is 3.99. The molecular weight excluding hydrogens is 471 g/mol. The Labute approximate surface area is 196 Å². The van der Waals surface area contributed by atoms with E-state index in [0.29, 0.717) is 16.1 Å². The number of carbonyl (C=O) groups is 1. The molecule has 1 atom stereocenters. The number of hydrogen-bond acceptors (Lipinski definition) is 6. The van der Waals surface area contributed by atoms with Crippen LogP contribution in [0.4, 0.5) is 19.2 Å². The molecule has 1 aliphatic heterocycles. The molecule has 7 nitrogen and oxygen atoms in total. The van der Waals surface area contributed by atoms with Crippen molar-refractivity contribution in [2.45, 2.75) is 18.4 Å². The van der Waals surface area contributed by atoms with Crippen molar-refractivity contribution in [3.05, 3.63) is 71.3 Å². The van der Waals surface area contributed by atoms with Crippen molar-refractivity contribution in [1.29, 1.82) is 0 Å². The molecule has 0 radical (unpaired) electrons. The Hall–Kier alpha value is -3.66. The molecule has 1 aliphatic rings. The number of rotatable bonds is 5. The number of hydrogen-bond donors (Lipinski definition) is 1. The van der Waals surface area contributed by atoms with E-state index in [4.69, 9.17) is 16.0 Å². The van der Waals surface area contributed by atoms with Crippen LogP contribution in [0.25, 0.3) is 22.5 Å². The quantitative estimate of drug-likeness (QED) is 0.424. The topological polar surface area (TPSA) is 84.2 Å². The van der Waals surface area contributed by atoms with Gasteiger partial charge in [0.2, 0.25) is 0 Å². The first-order valence-electron chi connectivity index (χ1n) is 10.4. The molecule has 0 spiro atoms. The lowest BCUT2D eigenvalue weighted by atomic mass is 10.0. The van der Waals surface area contributed by atoms with Crippen LogP contribution in [0.5, 0.6) is 0 Å². The fourth-order valence-corrected chi connectivity index (χ4v) is 4.16. The Morgan fingerprint density at radius 3 is 2.79 bits per heavy atom. The number of nitrogens with one attached hydrogen (secondary N) is 1. The van der Waals surface area contributed by atoms with Gasteiger partial charge in [-0.15, -0.1) is 0 Å². The largest absolute Gasteiger partial charge is 0.424 e. The Bertz CT molecular complexity index is 1370. The standard InChI is InChI=1S/C23H17ClF3N5O2/c24-13-5-6-16-17(11-13)34-22(31-16)30-12-18-23(26,27)7-10-32(18)21(33)14-3-1-4-15(25)19(14)20-28-8-2-9-29-20/h1-6,8-9,11,18H,7,10,12H2,(H,30,31)/t18-/m1/s1. The van der Waals surface area contributed by atoms with E-state index in [9.17, 15) is 18.0 Å². The number of fused-ring (bicyclic) bond motifs is 1. The monoisotopic (exact) mass is 487 g/mol. The predicted octanol–water partition coefficient (Wildman–Crippen LogP) is 5.04. The van der Waals surface area contributed by atoms with E-state index in [1.54, 1.807) is 24.3 Å². The van der Waals surface area contributed by atoms with Gasteiger partial charge in [0.1, 0.15) is 17.4 Å². The summed E-state index contributed by atoms with van der Waals surface area (Å²) >= 11 is 5.94. The summed E-state index contributed by atoms with van der Waals surface area (Å²) in [7, 11) is 0. The second-order valence-electron chi connectivity index (χ2n) is 7.77. The predicted molar refractivity (Wildman–Crippen MR) is 119 cm³/mol. The molecule has 174 valence electrons. The molecule has 0 aliphatic carbocycles. The zero-order valence-corrected chi connectivity index (χ0v) is 18.3. The van der Waals surface area contributed by atoms with E-state index in [2.05, 4.69) is 20.3 Å². The molecule has 0 unspecified atom stereocenters. The molecule has 1 amide bonds. The van der Waals surface area contributed by atoms with Gasteiger partial charge in [-0.25, -0.2) is 23.1 Å². The minimum Gasteiger partial charge on any atom is -0.424 e. The minimum atomic E-state index is -3.17. The van der Waals surface area contributed by atoms with Crippen molar-refractivity contribution >= 4 is 34.6 Å². The fraction of sp³-hybridized carbons (Fsp3) is 0.217. The molecule has 3 heterocycles. The van der Waals surface area contributed by atoms with Crippen LogP contribution in [-0.4, -0.2) is 50.8 Å². The third-order valence-electron chi connectivity index (χ3n) is 5.64. The maximum absolute atomic E-state index is 14.8. The zero-order valence-electron chi connectivity index (χ0n) is 17.5. The summed E-state index contributed by atoms with van der Waals surface area (Å²) in [6.45, 7) is -0.529. The lowest BCUT2D eigenvalue weighted by molar-refractivity contribution is -0.0249. The van der Waals surface area contributed by atoms with E-state index in [0.717, 1.165) is 4.90 Å². The summed E-state index contributed by atoms with van der Waals surface area (Å²) in [5.41, 5.74) is 0.676. The molecule has 0 saturated carbocycles. The summed E-state index contributed by atoms with van der Waals surface area (Å²) in [5.74, 6) is -4.64. The van der Waals surface area contributed by atoms with Gasteiger partial charge >= 0.3 is 0 Å². The van der Waals surface area contributed by atoms with E-state index >= 15 is 0 Å². The number of oxazole rings is 1. The first kappa shape index (κ1) is 22.1. The van der Waals surface area contributed by atoms with Gasteiger partial charge in [-0.1, -0.05) is 17.7 Å². The van der Waals surface area contributed by atoms with E-state index in [-0.39, 0.29) is 36.1 Å². The first-order valence-corrected chi connectivity index (χ1v) is 10.8. The second kappa shape index (κ2) is 8.60. The van der Waals surface area contributed by atoms with Gasteiger partial charge in [-0.2, -0.15) is 4.98 Å². The van der Waals surface area contributed by atoms with E-state index in [1.807, 2.05) is 0 Å². The Balaban J connectivity index is 1.43. The Kier molecular flexibility index (Phi) is 5.60. The number of likely N-dealkylation sites (tertiary alicyclic amines) is 1. The number of halogens is 4. The number of amides is 1. The van der Waals surface area contributed by atoms with Crippen LogP contribution < -0.4 is 5.32 Å². The number of aromatic nitrogens is 3. The van der Waals surface area contributed by atoms with Crippen LogP contribution in [0.3, 0.4) is 0 Å². The third kappa shape index (κ3) is 4.05. The van der Waals surface area contributed by atoms with Crippen LogP contribution in [0.15, 0.2) is 59.3 Å². The summed E-state index contributed by atoms with van der Waals surface area (Å²) < 4.78 is 49.8. The van der Waals surface area contributed by atoms with Crippen molar-refractivity contribution in [1.82, 2.24) is 19.9 Å². The highest BCUT2D eigenvalue weighted by atomic mass is 35.5. The molecule has 2 aromatic heterocycles. The van der Waals surface area contributed by atoms with Gasteiger partial charge in [-0.3, -0.25) is 4.79 Å². The van der Waals surface area contributed by atoms with Crippen molar-refractivity contribution < 1.29 is 22.4 Å². The van der Waals surface area contributed by atoms with Crippen LogP contribution in [0.1, 0.15) is 16.8 Å². The van der Waals surface area contributed by atoms with Gasteiger partial charge in [0.25, 0.3) is 17.8 Å². The summed E-state index contributed by atoms with van der Waals surface area (Å²) in [6, 6.07) is 8.80. The van der Waals surface area contributed by atoms with Crippen molar-refractivity contribution in [2.75, 3.05) is 18.4 Å². The highest BCUT2D eigenvalue weighted by molar-refractivity contribution is 6.31. The summed E-state index contributed by atoms with van der Waals surface area (Å²) in [5, 5.41) is 3.20. The molecule has 5 rings (SSSR count). The van der Waals surface area contributed by atoms with Crippen molar-refractivity contribution in [3.8, 4) is 11.4 Å². The van der Waals surface area contributed by atoms with Crippen molar-refractivity contribution in [3.63, 3.8) is 0 Å². The maximum Gasteiger partial charge on any atom is 0.295 e. The number of nitrogens with zero attached hydrogens (tertiary/aromatic N) is 4. The average molecular weight is 488 g/mol. The van der Waals surface area contributed by atoms with E-state index in [1.165, 1.54) is 30.6 Å². The summed E-state index contributed by atoms with van der Waals surface area (Å²) in [6.07, 6.45) is 2.29. The molecule has 34 heavy (non-hydrogen) atoms. The molecule has 1 N–H and O–H groups in total. The number of carbonyl (C=O) groups excluding carboxylic acids is 1. The van der Waals surface area contributed by atoms with Crippen LogP contribution in [-0.2, 0) is 0 Å². The van der Waals surface area contributed by atoms with E-state index < -0.39 is 30.1 Å². The Morgan fingerprint density at radius 2 is 2.00 bits per heavy atom. The van der Waals surface area contributed by atoms with Crippen LogP contribution >= 0.6 is 11.6 Å². The Morgan fingerprint density at radius 1 is 1.21 bits per heavy atom. The highest BCUT2D eigenvalue weighted by Crippen LogP contribution is 2.36. The maximum atomic E-state index is 14.8. The SMILES string of the molecule is O=C(c1cccc(F)c1-c1ncccn1)N1CCC(F)(F)[C@H]1CNc1nc2ccc(Cl)cc2o1. The molecule has 11 heteroatoms. The zero-order chi connectivity index (χ0) is 23.9. The third-order valence-corrected chi connectivity index (χ3v) is 5.88. The number of alkyl halides is 2. The smallest absolute Gasteiger partial charge is 0.295 e. The average Bonchev–Trinajstić information content (AvgIpc) is 3.36. The molecule has 0 bridgehead atoms. The van der Waals surface area contributed by atoms with Gasteiger partial charge in [-0.05, 0) is 30.3 Å². The number of anilines is 1. The first-order chi connectivity index (χ1) is 16.3. The van der Waals surface area contributed by atoms with Gasteiger partial charge in [0, 0.05) is 43.0 Å². The normalized spacial score (nSPS) is 17.3. The van der Waals surface area contributed by atoms with Gasteiger partial charge in [0.15, 0.2) is 11.4 Å². The summed E-state index contributed by atoms with van der Waals surface area (Å²) in [4.78, 5) is 26.6. The lowest BCUT2D eigenvalue weighted by Gasteiger charge is -2.28. The van der Waals surface area contributed by atoms with Crippen LogP contribution in [0.2, 0.25) is 5.02 Å². The molecular formula is C23H17ClF3N5O2. The second-order valence-corrected chi connectivity index (χ2v) is 8.21. The minimum absolute atomic E-state index is 0.00489. The van der Waals surface area contributed by atoms with Crippen molar-refractivity contribution in [2.24, 2.45) is 0 Å².